The second-order valence-electron chi connectivity index (χ2n) is 5.78. The summed E-state index contributed by atoms with van der Waals surface area (Å²) in [6.45, 7) is 5.13. The number of hydrogen-bond acceptors (Lipinski definition) is 4. The van der Waals surface area contributed by atoms with Crippen molar-refractivity contribution < 1.29 is 14.7 Å². The summed E-state index contributed by atoms with van der Waals surface area (Å²) in [5, 5.41) is 14.8. The van der Waals surface area contributed by atoms with Crippen LogP contribution in [-0.2, 0) is 9.59 Å². The van der Waals surface area contributed by atoms with Crippen LogP contribution in [0.3, 0.4) is 0 Å². The molecular formula is C16H25N3O3. The van der Waals surface area contributed by atoms with Crippen LogP contribution in [-0.4, -0.2) is 55.1 Å². The minimum absolute atomic E-state index is 0.101. The van der Waals surface area contributed by atoms with Gasteiger partial charge < -0.3 is 20.6 Å². The Morgan fingerprint density at radius 3 is 2.27 bits per heavy atom. The zero-order valence-corrected chi connectivity index (χ0v) is 13.6. The standard InChI is InChI=1S/C16H25N3O3/c1-11-7-12(2)9-13(8-11)18-15(20)10-14(16(21)22)17-5-6-19(3)4/h7-9,14,17H,5-6,10H2,1-4H3,(H,18,20)(H,21,22). The Kier molecular flexibility index (Phi) is 7.01. The molecule has 1 rings (SSSR count). The molecular weight excluding hydrogens is 282 g/mol. The van der Waals surface area contributed by atoms with Gasteiger partial charge in [-0.15, -0.1) is 0 Å². The highest BCUT2D eigenvalue weighted by Crippen LogP contribution is 2.14. The third kappa shape index (κ3) is 6.69. The predicted molar refractivity (Wildman–Crippen MR) is 87.1 cm³/mol. The van der Waals surface area contributed by atoms with Crippen molar-refractivity contribution in [1.82, 2.24) is 10.2 Å². The first kappa shape index (κ1) is 18.1. The topological polar surface area (TPSA) is 81.7 Å². The van der Waals surface area contributed by atoms with Gasteiger partial charge in [0.25, 0.3) is 0 Å². The van der Waals surface area contributed by atoms with Crippen LogP contribution in [0.1, 0.15) is 17.5 Å². The van der Waals surface area contributed by atoms with Gasteiger partial charge in [-0.1, -0.05) is 6.07 Å². The highest BCUT2D eigenvalue weighted by molar-refractivity contribution is 5.94. The number of carbonyl (C=O) groups is 2. The van der Waals surface area contributed by atoms with Gasteiger partial charge in [0.1, 0.15) is 6.04 Å². The number of nitrogens with one attached hydrogen (secondary N) is 2. The van der Waals surface area contributed by atoms with Crippen LogP contribution in [0, 0.1) is 13.8 Å². The number of anilines is 1. The molecule has 1 unspecified atom stereocenters. The minimum Gasteiger partial charge on any atom is -0.480 e. The first-order valence-electron chi connectivity index (χ1n) is 7.27. The van der Waals surface area contributed by atoms with Crippen molar-refractivity contribution >= 4 is 17.6 Å². The van der Waals surface area contributed by atoms with Crippen molar-refractivity contribution in [2.75, 3.05) is 32.5 Å². The molecule has 0 spiro atoms. The number of carboxylic acids is 1. The van der Waals surface area contributed by atoms with Crippen LogP contribution >= 0.6 is 0 Å². The largest absolute Gasteiger partial charge is 0.480 e. The van der Waals surface area contributed by atoms with Gasteiger partial charge in [0.15, 0.2) is 0 Å². The lowest BCUT2D eigenvalue weighted by molar-refractivity contribution is -0.141. The Morgan fingerprint density at radius 1 is 1.18 bits per heavy atom. The molecule has 1 aromatic carbocycles. The second-order valence-corrected chi connectivity index (χ2v) is 5.78. The van der Waals surface area contributed by atoms with E-state index in [2.05, 4.69) is 10.6 Å². The lowest BCUT2D eigenvalue weighted by Crippen LogP contribution is -2.42. The summed E-state index contributed by atoms with van der Waals surface area (Å²) in [5.74, 6) is -1.33. The molecule has 6 nitrogen and oxygen atoms in total. The number of carboxylic acid groups (broad SMARTS) is 1. The smallest absolute Gasteiger partial charge is 0.321 e. The van der Waals surface area contributed by atoms with E-state index in [1.807, 2.05) is 51.0 Å². The predicted octanol–water partition coefficient (Wildman–Crippen LogP) is 1.24. The molecule has 122 valence electrons. The van der Waals surface area contributed by atoms with E-state index in [0.717, 1.165) is 11.1 Å². The Morgan fingerprint density at radius 2 is 1.77 bits per heavy atom. The SMILES string of the molecule is Cc1cc(C)cc(NC(=O)CC(NCCN(C)C)C(=O)O)c1. The molecule has 0 aliphatic heterocycles. The van der Waals surface area contributed by atoms with Crippen LogP contribution in [0.15, 0.2) is 18.2 Å². The van der Waals surface area contributed by atoms with E-state index in [4.69, 9.17) is 0 Å². The number of amides is 1. The molecule has 0 radical (unpaired) electrons. The molecule has 1 aromatic rings. The van der Waals surface area contributed by atoms with Gasteiger partial charge in [0.05, 0.1) is 6.42 Å². The molecule has 0 saturated heterocycles. The van der Waals surface area contributed by atoms with E-state index in [0.29, 0.717) is 18.8 Å². The van der Waals surface area contributed by atoms with Crippen molar-refractivity contribution in [3.05, 3.63) is 29.3 Å². The maximum absolute atomic E-state index is 12.0. The zero-order valence-electron chi connectivity index (χ0n) is 13.6. The summed E-state index contributed by atoms with van der Waals surface area (Å²) in [6, 6.07) is 4.85. The van der Waals surface area contributed by atoms with E-state index in [1.165, 1.54) is 0 Å². The van der Waals surface area contributed by atoms with Gasteiger partial charge in [-0.05, 0) is 51.2 Å². The molecule has 0 fully saturated rings. The Labute approximate surface area is 131 Å². The van der Waals surface area contributed by atoms with E-state index in [1.54, 1.807) is 0 Å². The summed E-state index contributed by atoms with van der Waals surface area (Å²) in [6.07, 6.45) is -0.101. The molecule has 1 amide bonds. The van der Waals surface area contributed by atoms with E-state index in [-0.39, 0.29) is 12.3 Å². The third-order valence-electron chi connectivity index (χ3n) is 3.14. The maximum Gasteiger partial charge on any atom is 0.321 e. The number of likely N-dealkylation sites (N-methyl/N-ethyl adjacent to an activating group) is 1. The lowest BCUT2D eigenvalue weighted by Gasteiger charge is -2.16. The van der Waals surface area contributed by atoms with Crippen LogP contribution in [0.5, 0.6) is 0 Å². The van der Waals surface area contributed by atoms with Crippen molar-refractivity contribution in [2.24, 2.45) is 0 Å². The Balaban J connectivity index is 2.57. The van der Waals surface area contributed by atoms with Crippen molar-refractivity contribution in [2.45, 2.75) is 26.3 Å². The fourth-order valence-electron chi connectivity index (χ4n) is 2.15. The number of hydrogen-bond donors (Lipinski definition) is 3. The first-order chi connectivity index (χ1) is 10.3. The number of aryl methyl sites for hydroxylation is 2. The minimum atomic E-state index is -1.02. The van der Waals surface area contributed by atoms with Crippen molar-refractivity contribution in [1.29, 1.82) is 0 Å². The van der Waals surface area contributed by atoms with Gasteiger partial charge >= 0.3 is 5.97 Å². The molecule has 0 saturated carbocycles. The average molecular weight is 307 g/mol. The lowest BCUT2D eigenvalue weighted by atomic mass is 10.1. The molecule has 1 atom stereocenters. The van der Waals surface area contributed by atoms with Crippen LogP contribution in [0.25, 0.3) is 0 Å². The molecule has 0 aliphatic rings. The van der Waals surface area contributed by atoms with E-state index in [9.17, 15) is 14.7 Å². The molecule has 22 heavy (non-hydrogen) atoms. The quantitative estimate of drug-likeness (QED) is 0.673. The summed E-state index contributed by atoms with van der Waals surface area (Å²) >= 11 is 0. The molecule has 0 aromatic heterocycles. The Hall–Kier alpha value is -1.92. The average Bonchev–Trinajstić information content (AvgIpc) is 2.35. The number of benzene rings is 1. The van der Waals surface area contributed by atoms with Crippen LogP contribution in [0.2, 0.25) is 0 Å². The highest BCUT2D eigenvalue weighted by Gasteiger charge is 2.20. The molecule has 3 N–H and O–H groups in total. The second kappa shape index (κ2) is 8.51. The summed E-state index contributed by atoms with van der Waals surface area (Å²) in [5.41, 5.74) is 2.79. The summed E-state index contributed by atoms with van der Waals surface area (Å²) in [4.78, 5) is 25.2. The summed E-state index contributed by atoms with van der Waals surface area (Å²) in [7, 11) is 3.81. The van der Waals surface area contributed by atoms with Crippen molar-refractivity contribution in [3.8, 4) is 0 Å². The molecule has 0 heterocycles. The Bertz CT molecular complexity index is 509. The highest BCUT2D eigenvalue weighted by atomic mass is 16.4. The number of rotatable bonds is 8. The number of carbonyl (C=O) groups excluding carboxylic acids is 1. The van der Waals surface area contributed by atoms with Gasteiger partial charge in [-0.2, -0.15) is 0 Å². The maximum atomic E-state index is 12.0. The number of nitrogens with zero attached hydrogens (tertiary/aromatic N) is 1. The van der Waals surface area contributed by atoms with Crippen molar-refractivity contribution in [3.63, 3.8) is 0 Å². The molecule has 0 aliphatic carbocycles. The fraction of sp³-hybridized carbons (Fsp3) is 0.500. The van der Waals surface area contributed by atoms with Crippen LogP contribution in [0.4, 0.5) is 5.69 Å². The number of aliphatic carboxylic acids is 1. The first-order valence-corrected chi connectivity index (χ1v) is 7.27. The molecule has 6 heteroatoms. The monoisotopic (exact) mass is 307 g/mol. The third-order valence-corrected chi connectivity index (χ3v) is 3.14. The van der Waals surface area contributed by atoms with E-state index >= 15 is 0 Å². The van der Waals surface area contributed by atoms with Gasteiger partial charge in [-0.25, -0.2) is 0 Å². The fourth-order valence-corrected chi connectivity index (χ4v) is 2.15. The van der Waals surface area contributed by atoms with Gasteiger partial charge in [0.2, 0.25) is 5.91 Å². The summed E-state index contributed by atoms with van der Waals surface area (Å²) < 4.78 is 0. The molecule has 0 bridgehead atoms. The van der Waals surface area contributed by atoms with Gasteiger partial charge in [0, 0.05) is 18.8 Å². The van der Waals surface area contributed by atoms with Crippen LogP contribution < -0.4 is 10.6 Å². The van der Waals surface area contributed by atoms with Gasteiger partial charge in [-0.3, -0.25) is 9.59 Å². The van der Waals surface area contributed by atoms with E-state index < -0.39 is 12.0 Å². The normalized spacial score (nSPS) is 12.2. The zero-order chi connectivity index (χ0) is 16.7.